The molecule has 0 aliphatic carbocycles. The Kier molecular flexibility index (Phi) is 5.53. The molecule has 0 aliphatic rings. The minimum atomic E-state index is -0.424. The number of hydrogen-bond acceptors (Lipinski definition) is 3. The molecular weight excluding hydrogens is 166 g/mol. The largest absolute Gasteiger partial charge is 0.389 e. The molecule has 2 N–H and O–H groups in total. The Balaban J connectivity index is 3.53. The molecule has 0 aromatic heterocycles. The minimum Gasteiger partial charge on any atom is -0.389 e. The Hall–Kier alpha value is -0.120. The predicted molar refractivity (Wildman–Crippen MR) is 54.8 cm³/mol. The lowest BCUT2D eigenvalue weighted by molar-refractivity contribution is -0.00458. The van der Waals surface area contributed by atoms with E-state index < -0.39 is 6.10 Å². The van der Waals surface area contributed by atoms with Gasteiger partial charge in [-0.25, -0.2) is 0 Å². The van der Waals surface area contributed by atoms with Crippen molar-refractivity contribution in [3.8, 4) is 0 Å². The van der Waals surface area contributed by atoms with Crippen molar-refractivity contribution in [3.63, 3.8) is 0 Å². The second-order valence-corrected chi connectivity index (χ2v) is 4.72. The third-order valence-corrected chi connectivity index (χ3v) is 1.86. The van der Waals surface area contributed by atoms with Crippen LogP contribution in [0.3, 0.4) is 0 Å². The van der Waals surface area contributed by atoms with Crippen LogP contribution in [0.25, 0.3) is 0 Å². The Labute approximate surface area is 81.5 Å². The van der Waals surface area contributed by atoms with Gasteiger partial charge < -0.3 is 15.2 Å². The topological polar surface area (TPSA) is 41.5 Å². The van der Waals surface area contributed by atoms with Gasteiger partial charge in [0.1, 0.15) is 0 Å². The first-order chi connectivity index (χ1) is 5.87. The lowest BCUT2D eigenvalue weighted by Crippen LogP contribution is -2.38. The molecule has 3 nitrogen and oxygen atoms in total. The zero-order valence-corrected chi connectivity index (χ0v) is 9.42. The van der Waals surface area contributed by atoms with E-state index in [0.717, 1.165) is 0 Å². The smallest absolute Gasteiger partial charge is 0.0923 e. The highest BCUT2D eigenvalue weighted by molar-refractivity contribution is 4.68. The van der Waals surface area contributed by atoms with Gasteiger partial charge in [0.25, 0.3) is 0 Å². The maximum Gasteiger partial charge on any atom is 0.0923 e. The van der Waals surface area contributed by atoms with Crippen LogP contribution < -0.4 is 5.32 Å². The highest BCUT2D eigenvalue weighted by Gasteiger charge is 2.15. The second kappa shape index (κ2) is 5.58. The van der Waals surface area contributed by atoms with Crippen LogP contribution in [-0.2, 0) is 4.74 Å². The van der Waals surface area contributed by atoms with Crippen LogP contribution in [0.5, 0.6) is 0 Å². The summed E-state index contributed by atoms with van der Waals surface area (Å²) in [6.45, 7) is 9.35. The summed E-state index contributed by atoms with van der Waals surface area (Å²) in [5, 5.41) is 12.5. The number of rotatable bonds is 5. The Morgan fingerprint density at radius 2 is 1.92 bits per heavy atom. The van der Waals surface area contributed by atoms with Crippen molar-refractivity contribution < 1.29 is 9.84 Å². The van der Waals surface area contributed by atoms with E-state index in [1.165, 1.54) is 0 Å². The van der Waals surface area contributed by atoms with Gasteiger partial charge in [-0.05, 0) is 19.4 Å². The van der Waals surface area contributed by atoms with Gasteiger partial charge in [-0.3, -0.25) is 0 Å². The molecule has 0 aromatic rings. The van der Waals surface area contributed by atoms with Crippen LogP contribution in [0.4, 0.5) is 0 Å². The quantitative estimate of drug-likeness (QED) is 0.678. The van der Waals surface area contributed by atoms with Crippen molar-refractivity contribution in [2.45, 2.75) is 39.8 Å². The molecule has 13 heavy (non-hydrogen) atoms. The molecule has 0 radical (unpaired) electrons. The van der Waals surface area contributed by atoms with Gasteiger partial charge in [-0.1, -0.05) is 20.8 Å². The summed E-state index contributed by atoms with van der Waals surface area (Å²) in [4.78, 5) is 0. The van der Waals surface area contributed by atoms with Crippen molar-refractivity contribution in [1.29, 1.82) is 0 Å². The van der Waals surface area contributed by atoms with Crippen molar-refractivity contribution in [2.75, 3.05) is 20.3 Å². The summed E-state index contributed by atoms with van der Waals surface area (Å²) in [5.74, 6) is 0. The van der Waals surface area contributed by atoms with E-state index in [9.17, 15) is 5.11 Å². The van der Waals surface area contributed by atoms with Gasteiger partial charge >= 0.3 is 0 Å². The van der Waals surface area contributed by atoms with Crippen molar-refractivity contribution >= 4 is 0 Å². The number of aliphatic hydroxyl groups is 1. The predicted octanol–water partition coefficient (Wildman–Crippen LogP) is 1.02. The second-order valence-electron chi connectivity index (χ2n) is 4.72. The number of nitrogens with one attached hydrogen (secondary N) is 1. The molecule has 0 rings (SSSR count). The zero-order valence-electron chi connectivity index (χ0n) is 9.42. The van der Waals surface area contributed by atoms with Gasteiger partial charge in [-0.15, -0.1) is 0 Å². The fourth-order valence-electron chi connectivity index (χ4n) is 0.823. The van der Waals surface area contributed by atoms with E-state index in [0.29, 0.717) is 13.2 Å². The van der Waals surface area contributed by atoms with E-state index in [1.807, 2.05) is 14.0 Å². The lowest BCUT2D eigenvalue weighted by Gasteiger charge is -2.22. The van der Waals surface area contributed by atoms with E-state index in [1.54, 1.807) is 0 Å². The van der Waals surface area contributed by atoms with Crippen LogP contribution in [0.15, 0.2) is 0 Å². The summed E-state index contributed by atoms with van der Waals surface area (Å²) < 4.78 is 5.39. The van der Waals surface area contributed by atoms with Crippen molar-refractivity contribution in [3.05, 3.63) is 0 Å². The van der Waals surface area contributed by atoms with Crippen molar-refractivity contribution in [1.82, 2.24) is 5.32 Å². The minimum absolute atomic E-state index is 0.0833. The van der Waals surface area contributed by atoms with Crippen LogP contribution in [0.2, 0.25) is 0 Å². The molecule has 0 aliphatic heterocycles. The summed E-state index contributed by atoms with van der Waals surface area (Å²) in [6, 6.07) is 0.0833. The van der Waals surface area contributed by atoms with Gasteiger partial charge in [-0.2, -0.15) is 0 Å². The molecule has 0 amide bonds. The summed E-state index contributed by atoms with van der Waals surface area (Å²) in [6.07, 6.45) is -0.424. The first-order valence-corrected chi connectivity index (χ1v) is 4.80. The normalized spacial score (nSPS) is 17.1. The van der Waals surface area contributed by atoms with Crippen LogP contribution in [0, 0.1) is 5.41 Å². The third-order valence-electron chi connectivity index (χ3n) is 1.86. The highest BCUT2D eigenvalue weighted by Crippen LogP contribution is 2.12. The fourth-order valence-corrected chi connectivity index (χ4v) is 0.823. The summed E-state index contributed by atoms with van der Waals surface area (Å²) in [5.41, 5.74) is 0.169. The zero-order chi connectivity index (χ0) is 10.5. The molecule has 0 spiro atoms. The number of hydrogen-bond donors (Lipinski definition) is 2. The molecule has 0 saturated heterocycles. The lowest BCUT2D eigenvalue weighted by atomic mass is 9.99. The first-order valence-electron chi connectivity index (χ1n) is 4.80. The summed E-state index contributed by atoms with van der Waals surface area (Å²) >= 11 is 0. The Morgan fingerprint density at radius 1 is 1.38 bits per heavy atom. The van der Waals surface area contributed by atoms with Crippen LogP contribution in [-0.4, -0.2) is 37.5 Å². The monoisotopic (exact) mass is 189 g/mol. The highest BCUT2D eigenvalue weighted by atomic mass is 16.5. The molecule has 3 heteroatoms. The Morgan fingerprint density at radius 3 is 2.31 bits per heavy atom. The molecule has 0 saturated carbocycles. The van der Waals surface area contributed by atoms with Gasteiger partial charge in [0.2, 0.25) is 0 Å². The van der Waals surface area contributed by atoms with E-state index in [-0.39, 0.29) is 11.5 Å². The number of likely N-dealkylation sites (N-methyl/N-ethyl adjacent to an activating group) is 1. The van der Waals surface area contributed by atoms with Crippen molar-refractivity contribution in [2.24, 2.45) is 5.41 Å². The average molecular weight is 189 g/mol. The molecule has 0 fully saturated rings. The molecule has 0 bridgehead atoms. The van der Waals surface area contributed by atoms with Gasteiger partial charge in [0, 0.05) is 6.04 Å². The van der Waals surface area contributed by atoms with E-state index >= 15 is 0 Å². The molecule has 2 atom stereocenters. The van der Waals surface area contributed by atoms with E-state index in [2.05, 4.69) is 26.1 Å². The SMILES string of the molecule is CNC(C)C(O)COCC(C)(C)C. The number of aliphatic hydroxyl groups excluding tert-OH is 1. The van der Waals surface area contributed by atoms with Crippen LogP contribution >= 0.6 is 0 Å². The average Bonchev–Trinajstić information content (AvgIpc) is 2.00. The molecule has 2 unspecified atom stereocenters. The van der Waals surface area contributed by atoms with Gasteiger partial charge in [0.05, 0.1) is 19.3 Å². The van der Waals surface area contributed by atoms with E-state index in [4.69, 9.17) is 4.74 Å². The standard InChI is InChI=1S/C10H23NO2/c1-8(11-5)9(12)6-13-7-10(2,3)4/h8-9,11-12H,6-7H2,1-5H3. The van der Waals surface area contributed by atoms with Crippen LogP contribution in [0.1, 0.15) is 27.7 Å². The number of ether oxygens (including phenoxy) is 1. The fraction of sp³-hybridized carbons (Fsp3) is 1.00. The third kappa shape index (κ3) is 6.99. The molecule has 0 aromatic carbocycles. The molecule has 0 heterocycles. The molecular formula is C10H23NO2. The first kappa shape index (κ1) is 12.9. The van der Waals surface area contributed by atoms with Gasteiger partial charge in [0.15, 0.2) is 0 Å². The molecule has 80 valence electrons. The Bertz CT molecular complexity index is 131. The maximum absolute atomic E-state index is 9.53. The summed E-state index contributed by atoms with van der Waals surface area (Å²) in [7, 11) is 1.83. The maximum atomic E-state index is 9.53.